The van der Waals surface area contributed by atoms with Crippen LogP contribution in [-0.2, 0) is 28.6 Å². The molecule has 0 spiro atoms. The van der Waals surface area contributed by atoms with E-state index in [1.54, 1.807) is 0 Å². The Bertz CT molecular complexity index is 1040. The van der Waals surface area contributed by atoms with Gasteiger partial charge in [-0.05, 0) is 77.0 Å². The fourth-order valence-corrected chi connectivity index (χ4v) is 6.96. The second-order valence-corrected chi connectivity index (χ2v) is 16.7. The fourth-order valence-electron chi connectivity index (χ4n) is 6.96. The summed E-state index contributed by atoms with van der Waals surface area (Å²) in [6.45, 7) is 6.54. The van der Waals surface area contributed by atoms with Crippen molar-refractivity contribution >= 4 is 17.9 Å². The minimum Gasteiger partial charge on any atom is -0.462 e. The summed E-state index contributed by atoms with van der Waals surface area (Å²) in [4.78, 5) is 37.9. The summed E-state index contributed by atoms with van der Waals surface area (Å²) in [7, 11) is 0. The molecular formula is C53H94O6. The molecule has 0 rings (SSSR count). The Labute approximate surface area is 365 Å². The summed E-state index contributed by atoms with van der Waals surface area (Å²) >= 11 is 0. The summed E-state index contributed by atoms with van der Waals surface area (Å²) < 4.78 is 16.7. The second kappa shape index (κ2) is 48.0. The average molecular weight is 827 g/mol. The largest absolute Gasteiger partial charge is 0.462 e. The maximum atomic E-state index is 12.8. The van der Waals surface area contributed by atoms with Crippen LogP contribution in [0.4, 0.5) is 0 Å². The molecule has 0 aromatic carbocycles. The quantitative estimate of drug-likeness (QED) is 0.0263. The highest BCUT2D eigenvalue weighted by Crippen LogP contribution is 2.15. The normalized spacial score (nSPS) is 12.4. The van der Waals surface area contributed by atoms with Gasteiger partial charge in [0.25, 0.3) is 0 Å². The number of ether oxygens (including phenoxy) is 3. The van der Waals surface area contributed by atoms with Crippen LogP contribution in [0.2, 0.25) is 0 Å². The molecule has 0 N–H and O–H groups in total. The summed E-state index contributed by atoms with van der Waals surface area (Å²) in [6, 6.07) is 0. The highest BCUT2D eigenvalue weighted by molar-refractivity contribution is 5.71. The van der Waals surface area contributed by atoms with E-state index in [4.69, 9.17) is 14.2 Å². The average Bonchev–Trinajstić information content (AvgIpc) is 3.23. The number of unbranched alkanes of at least 4 members (excludes halogenated alkanes) is 26. The van der Waals surface area contributed by atoms with Crippen LogP contribution >= 0.6 is 0 Å². The molecule has 0 aromatic heterocycles. The van der Waals surface area contributed by atoms with Crippen LogP contribution in [0.1, 0.15) is 252 Å². The van der Waals surface area contributed by atoms with Crippen LogP contribution in [0.15, 0.2) is 48.6 Å². The number of carbonyl (C=O) groups is 3. The van der Waals surface area contributed by atoms with Crippen molar-refractivity contribution in [2.75, 3.05) is 13.2 Å². The highest BCUT2D eigenvalue weighted by atomic mass is 16.6. The van der Waals surface area contributed by atoms with Gasteiger partial charge in [0.05, 0.1) is 0 Å². The van der Waals surface area contributed by atoms with Gasteiger partial charge in [-0.25, -0.2) is 0 Å². The van der Waals surface area contributed by atoms with E-state index in [0.29, 0.717) is 19.3 Å². The van der Waals surface area contributed by atoms with Crippen molar-refractivity contribution in [1.29, 1.82) is 0 Å². The van der Waals surface area contributed by atoms with Gasteiger partial charge in [0.1, 0.15) is 13.2 Å². The summed E-state index contributed by atoms with van der Waals surface area (Å²) in [5.74, 6) is -0.932. The Morgan fingerprint density at radius 3 is 1.08 bits per heavy atom. The molecule has 0 aromatic rings. The number of esters is 3. The molecule has 0 unspecified atom stereocenters. The molecule has 1 atom stereocenters. The third kappa shape index (κ3) is 46.3. The fraction of sp³-hybridized carbons (Fsp3) is 0.792. The van der Waals surface area contributed by atoms with Gasteiger partial charge < -0.3 is 14.2 Å². The summed E-state index contributed by atoms with van der Waals surface area (Å²) in [5.41, 5.74) is 0. The van der Waals surface area contributed by atoms with Gasteiger partial charge in [0.2, 0.25) is 0 Å². The third-order valence-electron chi connectivity index (χ3n) is 10.8. The van der Waals surface area contributed by atoms with Gasteiger partial charge in [-0.15, -0.1) is 0 Å². The lowest BCUT2D eigenvalue weighted by Gasteiger charge is -2.18. The first-order valence-corrected chi connectivity index (χ1v) is 25.1. The first-order valence-electron chi connectivity index (χ1n) is 25.1. The van der Waals surface area contributed by atoms with Crippen molar-refractivity contribution in [2.24, 2.45) is 0 Å². The lowest BCUT2D eigenvalue weighted by molar-refractivity contribution is -0.167. The van der Waals surface area contributed by atoms with E-state index in [-0.39, 0.29) is 37.5 Å². The first kappa shape index (κ1) is 56.4. The number of rotatable bonds is 45. The molecule has 342 valence electrons. The molecule has 59 heavy (non-hydrogen) atoms. The summed E-state index contributed by atoms with van der Waals surface area (Å²) in [5, 5.41) is 0. The van der Waals surface area contributed by atoms with Crippen LogP contribution in [0.5, 0.6) is 0 Å². The van der Waals surface area contributed by atoms with Crippen molar-refractivity contribution < 1.29 is 28.6 Å². The smallest absolute Gasteiger partial charge is 0.306 e. The number of hydrogen-bond donors (Lipinski definition) is 0. The monoisotopic (exact) mass is 827 g/mol. The Morgan fingerprint density at radius 2 is 0.627 bits per heavy atom. The molecule has 0 aliphatic carbocycles. The Hall–Kier alpha value is -2.63. The molecular weight excluding hydrogens is 733 g/mol. The number of allylic oxidation sites excluding steroid dienone is 8. The maximum absolute atomic E-state index is 12.8. The lowest BCUT2D eigenvalue weighted by atomic mass is 10.0. The number of hydrogen-bond acceptors (Lipinski definition) is 6. The van der Waals surface area contributed by atoms with Crippen molar-refractivity contribution in [2.45, 2.75) is 258 Å². The lowest BCUT2D eigenvalue weighted by Crippen LogP contribution is -2.30. The molecule has 0 saturated heterocycles. The molecule has 6 heteroatoms. The van der Waals surface area contributed by atoms with Crippen LogP contribution in [0.25, 0.3) is 0 Å². The van der Waals surface area contributed by atoms with E-state index < -0.39 is 6.10 Å². The van der Waals surface area contributed by atoms with Crippen molar-refractivity contribution in [1.82, 2.24) is 0 Å². The topological polar surface area (TPSA) is 78.9 Å². The molecule has 0 aliphatic rings. The molecule has 6 nitrogen and oxygen atoms in total. The van der Waals surface area contributed by atoms with Crippen LogP contribution in [0.3, 0.4) is 0 Å². The highest BCUT2D eigenvalue weighted by Gasteiger charge is 2.19. The van der Waals surface area contributed by atoms with E-state index in [1.807, 2.05) is 0 Å². The zero-order chi connectivity index (χ0) is 43.0. The molecule has 0 bridgehead atoms. The maximum Gasteiger partial charge on any atom is 0.306 e. The van der Waals surface area contributed by atoms with Crippen LogP contribution in [-0.4, -0.2) is 37.2 Å². The van der Waals surface area contributed by atoms with Crippen molar-refractivity contribution in [3.63, 3.8) is 0 Å². The first-order chi connectivity index (χ1) is 29.0. The van der Waals surface area contributed by atoms with Gasteiger partial charge in [-0.1, -0.05) is 204 Å². The molecule has 0 saturated carbocycles. The Morgan fingerprint density at radius 1 is 0.339 bits per heavy atom. The molecule has 0 radical (unpaired) electrons. The van der Waals surface area contributed by atoms with E-state index in [2.05, 4.69) is 69.4 Å². The van der Waals surface area contributed by atoms with Crippen molar-refractivity contribution in [3.05, 3.63) is 48.6 Å². The van der Waals surface area contributed by atoms with Gasteiger partial charge in [-0.3, -0.25) is 14.4 Å². The minimum absolute atomic E-state index is 0.0889. The second-order valence-electron chi connectivity index (χ2n) is 16.7. The molecule has 0 aliphatic heterocycles. The van der Waals surface area contributed by atoms with Gasteiger partial charge in [0.15, 0.2) is 6.10 Å². The molecule has 0 fully saturated rings. The zero-order valence-electron chi connectivity index (χ0n) is 39.0. The van der Waals surface area contributed by atoms with Crippen LogP contribution < -0.4 is 0 Å². The van der Waals surface area contributed by atoms with E-state index in [1.165, 1.54) is 135 Å². The predicted molar refractivity (Wildman–Crippen MR) is 252 cm³/mol. The Balaban J connectivity index is 4.42. The van der Waals surface area contributed by atoms with Crippen molar-refractivity contribution in [3.8, 4) is 0 Å². The van der Waals surface area contributed by atoms with Crippen LogP contribution in [0, 0.1) is 0 Å². The standard InChI is InChI=1S/C53H94O6/c1-4-7-10-13-16-19-22-24-26-28-31-34-37-40-43-46-52(55)58-49-50(48-57-51(54)45-42-39-36-33-30-21-18-15-12-9-6-3)59-53(56)47-44-41-38-35-32-29-27-25-23-20-17-14-11-8-5-2/h15,17-18,20,25,27,32,35,50H,4-14,16,19,21-24,26,28-31,33-34,36-49H2,1-3H3/b18-15-,20-17-,27-25-,35-32-/t50-/m1/s1. The SMILES string of the molecule is CCCC/C=C\CCCCCCCC(=O)OC[C@H](COC(=O)CCCCCCCCCCCCCCCCC)OC(=O)CCCC/C=C\C/C=C\C/C=C\CCCCC. The molecule has 0 heterocycles. The van der Waals surface area contributed by atoms with E-state index in [9.17, 15) is 14.4 Å². The third-order valence-corrected chi connectivity index (χ3v) is 10.8. The molecule has 0 amide bonds. The van der Waals surface area contributed by atoms with Gasteiger partial charge in [0, 0.05) is 19.3 Å². The zero-order valence-corrected chi connectivity index (χ0v) is 39.0. The summed E-state index contributed by atoms with van der Waals surface area (Å²) in [6.07, 6.45) is 56.6. The van der Waals surface area contributed by atoms with Gasteiger partial charge in [-0.2, -0.15) is 0 Å². The van der Waals surface area contributed by atoms with Gasteiger partial charge >= 0.3 is 17.9 Å². The van der Waals surface area contributed by atoms with E-state index >= 15 is 0 Å². The van der Waals surface area contributed by atoms with E-state index in [0.717, 1.165) is 70.6 Å². The predicted octanol–water partition coefficient (Wildman–Crippen LogP) is 16.3. The Kier molecular flexibility index (Phi) is 45.9. The number of carbonyl (C=O) groups excluding carboxylic acids is 3. The minimum atomic E-state index is -0.792.